The molecule has 142 valence electrons. The number of hydrogen-bond acceptors (Lipinski definition) is 4. The predicted octanol–water partition coefficient (Wildman–Crippen LogP) is 5.09. The molecule has 2 heterocycles. The Morgan fingerprint density at radius 3 is 2.59 bits per heavy atom. The molecule has 4 nitrogen and oxygen atoms in total. The number of pyridine rings is 1. The Hall–Kier alpha value is -2.08. The molecule has 0 saturated carbocycles. The summed E-state index contributed by atoms with van der Waals surface area (Å²) in [5.74, 6) is 0.578. The quantitative estimate of drug-likeness (QED) is 0.552. The standard InChI is InChI=1S/C22H28N4S/c1-16(2)14-26-15-21(17(3)13-24-27-25(4)5)20-7-6-19(12-22(20)26)18-8-10-23-11-9-18/h6-12,15-16,24H,3,13-14H2,1-2,4-5H3. The maximum Gasteiger partial charge on any atom is 0.0492 e. The molecule has 5 heteroatoms. The second-order valence-corrected chi connectivity index (χ2v) is 8.59. The predicted molar refractivity (Wildman–Crippen MR) is 118 cm³/mol. The van der Waals surface area contributed by atoms with E-state index in [9.17, 15) is 0 Å². The molecule has 27 heavy (non-hydrogen) atoms. The lowest BCUT2D eigenvalue weighted by Crippen LogP contribution is -2.14. The molecule has 0 saturated heterocycles. The highest BCUT2D eigenvalue weighted by atomic mass is 32.2. The molecule has 0 bridgehead atoms. The van der Waals surface area contributed by atoms with Crippen LogP contribution < -0.4 is 4.72 Å². The third-order valence-electron chi connectivity index (χ3n) is 4.37. The zero-order valence-electron chi connectivity index (χ0n) is 16.6. The highest BCUT2D eigenvalue weighted by Gasteiger charge is 2.13. The van der Waals surface area contributed by atoms with Gasteiger partial charge in [-0.15, -0.1) is 0 Å². The molecule has 1 aromatic carbocycles. The Morgan fingerprint density at radius 1 is 1.19 bits per heavy atom. The van der Waals surface area contributed by atoms with Crippen LogP contribution in [0.1, 0.15) is 19.4 Å². The maximum absolute atomic E-state index is 4.33. The van der Waals surface area contributed by atoms with Gasteiger partial charge < -0.3 is 4.57 Å². The first-order chi connectivity index (χ1) is 13.0. The Labute approximate surface area is 166 Å². The summed E-state index contributed by atoms with van der Waals surface area (Å²) in [5, 5.41) is 1.26. The van der Waals surface area contributed by atoms with Crippen LogP contribution in [-0.2, 0) is 6.54 Å². The average molecular weight is 381 g/mol. The van der Waals surface area contributed by atoms with Crippen molar-refractivity contribution in [2.45, 2.75) is 20.4 Å². The molecule has 0 fully saturated rings. The van der Waals surface area contributed by atoms with Crippen LogP contribution in [0.4, 0.5) is 0 Å². The minimum atomic E-state index is 0.578. The van der Waals surface area contributed by atoms with Crippen molar-refractivity contribution in [3.63, 3.8) is 0 Å². The monoisotopic (exact) mass is 380 g/mol. The van der Waals surface area contributed by atoms with Crippen molar-refractivity contribution < 1.29 is 0 Å². The van der Waals surface area contributed by atoms with E-state index >= 15 is 0 Å². The van der Waals surface area contributed by atoms with Crippen molar-refractivity contribution in [1.82, 2.24) is 18.6 Å². The highest BCUT2D eigenvalue weighted by Crippen LogP contribution is 2.31. The third kappa shape index (κ3) is 4.80. The van der Waals surface area contributed by atoms with Gasteiger partial charge >= 0.3 is 0 Å². The lowest BCUT2D eigenvalue weighted by Gasteiger charge is -2.10. The van der Waals surface area contributed by atoms with Gasteiger partial charge in [-0.1, -0.05) is 32.6 Å². The fourth-order valence-corrected chi connectivity index (χ4v) is 3.68. The highest BCUT2D eigenvalue weighted by molar-refractivity contribution is 7.95. The maximum atomic E-state index is 4.33. The summed E-state index contributed by atoms with van der Waals surface area (Å²) in [6, 6.07) is 10.8. The van der Waals surface area contributed by atoms with Crippen molar-refractivity contribution in [3.8, 4) is 11.1 Å². The molecule has 0 aliphatic rings. The van der Waals surface area contributed by atoms with Crippen molar-refractivity contribution in [1.29, 1.82) is 0 Å². The van der Waals surface area contributed by atoms with Gasteiger partial charge in [-0.05, 0) is 54.9 Å². The van der Waals surface area contributed by atoms with Crippen LogP contribution in [-0.4, -0.2) is 34.5 Å². The van der Waals surface area contributed by atoms with E-state index in [0.29, 0.717) is 5.92 Å². The van der Waals surface area contributed by atoms with E-state index in [1.54, 1.807) is 12.1 Å². The Balaban J connectivity index is 1.98. The third-order valence-corrected chi connectivity index (χ3v) is 5.01. The van der Waals surface area contributed by atoms with Crippen LogP contribution in [0.3, 0.4) is 0 Å². The molecule has 0 amide bonds. The molecule has 1 N–H and O–H groups in total. The smallest absolute Gasteiger partial charge is 0.0492 e. The van der Waals surface area contributed by atoms with Gasteiger partial charge in [0.15, 0.2) is 0 Å². The van der Waals surface area contributed by atoms with Gasteiger partial charge in [0.2, 0.25) is 0 Å². The van der Waals surface area contributed by atoms with E-state index in [4.69, 9.17) is 0 Å². The van der Waals surface area contributed by atoms with Gasteiger partial charge in [0.05, 0.1) is 0 Å². The molecule has 0 atom stereocenters. The summed E-state index contributed by atoms with van der Waals surface area (Å²) in [4.78, 5) is 4.13. The van der Waals surface area contributed by atoms with E-state index in [0.717, 1.165) is 18.7 Å². The number of nitrogens with zero attached hydrogens (tertiary/aromatic N) is 3. The summed E-state index contributed by atoms with van der Waals surface area (Å²) in [5.41, 5.74) is 5.99. The van der Waals surface area contributed by atoms with Gasteiger partial charge in [0.25, 0.3) is 0 Å². The summed E-state index contributed by atoms with van der Waals surface area (Å²) >= 11 is 1.59. The van der Waals surface area contributed by atoms with E-state index in [1.165, 1.54) is 27.6 Å². The largest absolute Gasteiger partial charge is 0.347 e. The van der Waals surface area contributed by atoms with Crippen molar-refractivity contribution in [3.05, 3.63) is 61.1 Å². The second-order valence-electron chi connectivity index (χ2n) is 7.39. The van der Waals surface area contributed by atoms with Crippen LogP contribution in [0, 0.1) is 5.92 Å². The van der Waals surface area contributed by atoms with E-state index in [1.807, 2.05) is 30.8 Å². The van der Waals surface area contributed by atoms with E-state index in [-0.39, 0.29) is 0 Å². The Morgan fingerprint density at radius 2 is 1.93 bits per heavy atom. The fraction of sp³-hybridized carbons (Fsp3) is 0.318. The Bertz CT molecular complexity index is 913. The van der Waals surface area contributed by atoms with Crippen LogP contribution in [0.15, 0.2) is 55.5 Å². The lowest BCUT2D eigenvalue weighted by atomic mass is 10.0. The Kier molecular flexibility index (Phi) is 6.37. The number of aromatic nitrogens is 2. The zero-order valence-corrected chi connectivity index (χ0v) is 17.4. The van der Waals surface area contributed by atoms with Crippen LogP contribution in [0.2, 0.25) is 0 Å². The molecule has 3 aromatic rings. The van der Waals surface area contributed by atoms with Gasteiger partial charge in [0.1, 0.15) is 0 Å². The minimum Gasteiger partial charge on any atom is -0.347 e. The minimum absolute atomic E-state index is 0.578. The molecule has 3 rings (SSSR count). The van der Waals surface area contributed by atoms with Gasteiger partial charge in [0, 0.05) is 60.3 Å². The summed E-state index contributed by atoms with van der Waals surface area (Å²) in [6.45, 7) is 10.6. The van der Waals surface area contributed by atoms with Gasteiger partial charge in [-0.25, -0.2) is 9.03 Å². The summed E-state index contributed by atoms with van der Waals surface area (Å²) in [7, 11) is 4.05. The molecular weight excluding hydrogens is 352 g/mol. The summed E-state index contributed by atoms with van der Waals surface area (Å²) < 4.78 is 7.77. The molecule has 0 spiro atoms. The van der Waals surface area contributed by atoms with Gasteiger partial charge in [-0.3, -0.25) is 4.98 Å². The molecule has 0 radical (unpaired) electrons. The van der Waals surface area contributed by atoms with Crippen molar-refractivity contribution in [2.24, 2.45) is 5.92 Å². The number of hydrogen-bond donors (Lipinski definition) is 1. The van der Waals surface area contributed by atoms with Crippen LogP contribution >= 0.6 is 12.1 Å². The van der Waals surface area contributed by atoms with Crippen LogP contribution in [0.5, 0.6) is 0 Å². The molecule has 0 aliphatic heterocycles. The number of fused-ring (bicyclic) bond motifs is 1. The average Bonchev–Trinajstić information content (AvgIpc) is 2.99. The topological polar surface area (TPSA) is 33.1 Å². The van der Waals surface area contributed by atoms with Crippen molar-refractivity contribution >= 4 is 28.6 Å². The normalized spacial score (nSPS) is 11.6. The lowest BCUT2D eigenvalue weighted by molar-refractivity contribution is 0.535. The first kappa shape index (κ1) is 19.7. The summed E-state index contributed by atoms with van der Waals surface area (Å²) in [6.07, 6.45) is 5.94. The zero-order chi connectivity index (χ0) is 19.4. The van der Waals surface area contributed by atoms with E-state index in [2.05, 4.69) is 71.2 Å². The molecule has 2 aromatic heterocycles. The molecule has 0 unspecified atom stereocenters. The molecular formula is C22H28N4S. The molecule has 0 aliphatic carbocycles. The van der Waals surface area contributed by atoms with Crippen LogP contribution in [0.25, 0.3) is 27.6 Å². The van der Waals surface area contributed by atoms with E-state index < -0.39 is 0 Å². The second kappa shape index (κ2) is 8.74. The first-order valence-corrected chi connectivity index (χ1v) is 10.0. The number of benzene rings is 1. The number of rotatable bonds is 8. The SMILES string of the molecule is C=C(CNSN(C)C)c1cn(CC(C)C)c2cc(-c3ccncc3)ccc12. The van der Waals surface area contributed by atoms with Gasteiger partial charge in [-0.2, -0.15) is 0 Å². The fourth-order valence-electron chi connectivity index (χ4n) is 3.19. The first-order valence-electron chi connectivity index (χ1n) is 9.24. The number of nitrogens with one attached hydrogen (secondary N) is 1. The van der Waals surface area contributed by atoms with Crippen molar-refractivity contribution in [2.75, 3.05) is 20.6 Å².